The number of aliphatic hydroxyl groups excluding tert-OH is 1. The molecule has 1 heterocycles. The molecule has 0 aromatic heterocycles. The third kappa shape index (κ3) is 5.38. The van der Waals surface area contributed by atoms with Gasteiger partial charge in [0.2, 0.25) is 0 Å². The number of aliphatic hydroxyl groups is 1. The average molecular weight is 272 g/mol. The van der Waals surface area contributed by atoms with Gasteiger partial charge in [0.25, 0.3) is 0 Å². The number of rotatable bonds is 9. The predicted octanol–water partition coefficient (Wildman–Crippen LogP) is 1.48. The van der Waals surface area contributed by atoms with Crippen LogP contribution in [0.15, 0.2) is 0 Å². The van der Waals surface area contributed by atoms with E-state index >= 15 is 0 Å². The van der Waals surface area contributed by atoms with E-state index in [9.17, 15) is 5.11 Å². The smallest absolute Gasteiger partial charge is 0.0611 e. The molecule has 4 nitrogen and oxygen atoms in total. The van der Waals surface area contributed by atoms with Gasteiger partial charge in [0.1, 0.15) is 0 Å². The lowest BCUT2D eigenvalue weighted by molar-refractivity contribution is 0.116. The summed E-state index contributed by atoms with van der Waals surface area (Å²) >= 11 is 0. The molecule has 3 atom stereocenters. The van der Waals surface area contributed by atoms with Crippen molar-refractivity contribution in [2.75, 3.05) is 40.0 Å². The lowest BCUT2D eigenvalue weighted by Gasteiger charge is -2.35. The maximum absolute atomic E-state index is 9.64. The van der Waals surface area contributed by atoms with Crippen molar-refractivity contribution in [2.45, 2.75) is 51.6 Å². The summed E-state index contributed by atoms with van der Waals surface area (Å²) in [5.74, 6) is 0.677. The number of nitrogens with one attached hydrogen (secondary N) is 1. The Hall–Kier alpha value is -0.160. The molecule has 0 bridgehead atoms. The van der Waals surface area contributed by atoms with Crippen molar-refractivity contribution in [1.29, 1.82) is 0 Å². The van der Waals surface area contributed by atoms with Crippen LogP contribution in [0, 0.1) is 5.92 Å². The van der Waals surface area contributed by atoms with Crippen LogP contribution < -0.4 is 5.32 Å². The fourth-order valence-electron chi connectivity index (χ4n) is 3.04. The Morgan fingerprint density at radius 2 is 2.26 bits per heavy atom. The van der Waals surface area contributed by atoms with Crippen molar-refractivity contribution in [3.63, 3.8) is 0 Å². The van der Waals surface area contributed by atoms with Gasteiger partial charge in [-0.3, -0.25) is 0 Å². The fourth-order valence-corrected chi connectivity index (χ4v) is 3.04. The van der Waals surface area contributed by atoms with Gasteiger partial charge in [0.05, 0.1) is 13.2 Å². The minimum atomic E-state index is -0.158. The second kappa shape index (κ2) is 8.20. The van der Waals surface area contributed by atoms with Crippen LogP contribution in [-0.4, -0.2) is 61.5 Å². The molecule has 1 saturated heterocycles. The topological polar surface area (TPSA) is 44.7 Å². The Bertz CT molecular complexity index is 250. The normalized spacial score (nSPS) is 25.4. The molecule has 1 aliphatic heterocycles. The highest BCUT2D eigenvalue weighted by Crippen LogP contribution is 2.23. The van der Waals surface area contributed by atoms with Crippen molar-refractivity contribution in [3.8, 4) is 0 Å². The van der Waals surface area contributed by atoms with Gasteiger partial charge >= 0.3 is 0 Å². The number of hydrogen-bond donors (Lipinski definition) is 2. The van der Waals surface area contributed by atoms with Gasteiger partial charge in [-0.2, -0.15) is 0 Å². The lowest BCUT2D eigenvalue weighted by atomic mass is 9.93. The second-order valence-corrected chi connectivity index (χ2v) is 6.30. The largest absolute Gasteiger partial charge is 0.394 e. The molecular formula is C15H32N2O2. The molecule has 1 rings (SSSR count). The Labute approximate surface area is 118 Å². The summed E-state index contributed by atoms with van der Waals surface area (Å²) in [6.45, 7) is 10.9. The molecule has 2 N–H and O–H groups in total. The van der Waals surface area contributed by atoms with Crippen LogP contribution >= 0.6 is 0 Å². The van der Waals surface area contributed by atoms with E-state index in [1.54, 1.807) is 7.11 Å². The Morgan fingerprint density at radius 1 is 1.53 bits per heavy atom. The number of likely N-dealkylation sites (tertiary alicyclic amines) is 1. The number of methoxy groups -OCH3 is 1. The SMILES string of the molecule is CCCNC(C)(CO)CC(C)N1CCC(COC)C1. The molecule has 0 aliphatic carbocycles. The fraction of sp³-hybridized carbons (Fsp3) is 1.00. The molecule has 0 radical (unpaired) electrons. The van der Waals surface area contributed by atoms with E-state index in [4.69, 9.17) is 4.74 Å². The summed E-state index contributed by atoms with van der Waals surface area (Å²) < 4.78 is 5.25. The average Bonchev–Trinajstić information content (AvgIpc) is 2.85. The first kappa shape index (κ1) is 16.9. The van der Waals surface area contributed by atoms with Crippen molar-refractivity contribution >= 4 is 0 Å². The number of nitrogens with zero attached hydrogens (tertiary/aromatic N) is 1. The molecule has 1 fully saturated rings. The first-order chi connectivity index (χ1) is 9.04. The van der Waals surface area contributed by atoms with Crippen LogP contribution in [0.3, 0.4) is 0 Å². The summed E-state index contributed by atoms with van der Waals surface area (Å²) in [6, 6.07) is 0.503. The molecule has 4 heteroatoms. The monoisotopic (exact) mass is 272 g/mol. The van der Waals surface area contributed by atoms with Crippen LogP contribution in [-0.2, 0) is 4.74 Å². The van der Waals surface area contributed by atoms with E-state index in [2.05, 4.69) is 31.0 Å². The van der Waals surface area contributed by atoms with E-state index in [-0.39, 0.29) is 12.1 Å². The standard InChI is InChI=1S/C15H32N2O2/c1-5-7-16-15(3,12-18)9-13(2)17-8-6-14(10-17)11-19-4/h13-14,16,18H,5-12H2,1-4H3. The van der Waals surface area contributed by atoms with Crippen molar-refractivity contribution in [2.24, 2.45) is 5.92 Å². The van der Waals surface area contributed by atoms with E-state index in [0.717, 1.165) is 39.1 Å². The highest BCUT2D eigenvalue weighted by molar-refractivity contribution is 4.89. The lowest BCUT2D eigenvalue weighted by Crippen LogP contribution is -2.50. The van der Waals surface area contributed by atoms with Gasteiger partial charge in [0, 0.05) is 25.2 Å². The summed E-state index contributed by atoms with van der Waals surface area (Å²) in [7, 11) is 1.78. The highest BCUT2D eigenvalue weighted by Gasteiger charge is 2.31. The summed E-state index contributed by atoms with van der Waals surface area (Å²) in [5, 5.41) is 13.1. The van der Waals surface area contributed by atoms with Crippen molar-refractivity contribution < 1.29 is 9.84 Å². The Balaban J connectivity index is 2.42. The molecule has 19 heavy (non-hydrogen) atoms. The van der Waals surface area contributed by atoms with Gasteiger partial charge in [0.15, 0.2) is 0 Å². The molecule has 0 aromatic carbocycles. The summed E-state index contributed by atoms with van der Waals surface area (Å²) in [4.78, 5) is 2.53. The zero-order valence-electron chi connectivity index (χ0n) is 13.1. The first-order valence-corrected chi connectivity index (χ1v) is 7.63. The molecule has 3 unspecified atom stereocenters. The molecule has 114 valence electrons. The van der Waals surface area contributed by atoms with Gasteiger partial charge in [-0.1, -0.05) is 6.92 Å². The van der Waals surface area contributed by atoms with Crippen molar-refractivity contribution in [3.05, 3.63) is 0 Å². The molecule has 0 amide bonds. The van der Waals surface area contributed by atoms with Crippen LogP contribution in [0.5, 0.6) is 0 Å². The van der Waals surface area contributed by atoms with Crippen LogP contribution in [0.2, 0.25) is 0 Å². The molecule has 0 saturated carbocycles. The second-order valence-electron chi connectivity index (χ2n) is 6.30. The van der Waals surface area contributed by atoms with E-state index in [1.807, 2.05) is 0 Å². The minimum absolute atomic E-state index is 0.158. The first-order valence-electron chi connectivity index (χ1n) is 7.63. The Morgan fingerprint density at radius 3 is 2.84 bits per heavy atom. The Kier molecular flexibility index (Phi) is 7.29. The molecule has 0 aromatic rings. The maximum atomic E-state index is 9.64. The zero-order valence-corrected chi connectivity index (χ0v) is 13.1. The van der Waals surface area contributed by atoms with E-state index in [0.29, 0.717) is 12.0 Å². The predicted molar refractivity (Wildman–Crippen MR) is 79.4 cm³/mol. The number of hydrogen-bond acceptors (Lipinski definition) is 4. The van der Waals surface area contributed by atoms with E-state index in [1.165, 1.54) is 6.42 Å². The number of ether oxygens (including phenoxy) is 1. The van der Waals surface area contributed by atoms with Crippen molar-refractivity contribution in [1.82, 2.24) is 10.2 Å². The minimum Gasteiger partial charge on any atom is -0.394 e. The van der Waals surface area contributed by atoms with Crippen LogP contribution in [0.25, 0.3) is 0 Å². The third-order valence-corrected chi connectivity index (χ3v) is 4.24. The third-order valence-electron chi connectivity index (χ3n) is 4.24. The molecular weight excluding hydrogens is 240 g/mol. The van der Waals surface area contributed by atoms with Gasteiger partial charge in [-0.15, -0.1) is 0 Å². The molecule has 0 spiro atoms. The quantitative estimate of drug-likeness (QED) is 0.667. The maximum Gasteiger partial charge on any atom is 0.0611 e. The summed E-state index contributed by atoms with van der Waals surface area (Å²) in [5.41, 5.74) is -0.158. The van der Waals surface area contributed by atoms with E-state index < -0.39 is 0 Å². The van der Waals surface area contributed by atoms with Gasteiger partial charge in [-0.05, 0) is 52.1 Å². The van der Waals surface area contributed by atoms with Gasteiger partial charge in [-0.25, -0.2) is 0 Å². The van der Waals surface area contributed by atoms with Crippen LogP contribution in [0.4, 0.5) is 0 Å². The highest BCUT2D eigenvalue weighted by atomic mass is 16.5. The summed E-state index contributed by atoms with van der Waals surface area (Å²) in [6.07, 6.45) is 3.32. The zero-order chi connectivity index (χ0) is 14.3. The van der Waals surface area contributed by atoms with Crippen LogP contribution in [0.1, 0.15) is 40.0 Å². The van der Waals surface area contributed by atoms with Gasteiger partial charge < -0.3 is 20.1 Å². The molecule has 1 aliphatic rings.